The molecule has 4 nitrogen and oxygen atoms in total. The Hall–Kier alpha value is -5.68. The van der Waals surface area contributed by atoms with E-state index in [9.17, 15) is 10.2 Å². The Balaban J connectivity index is 1.51. The molecular weight excluding hydrogens is 631 g/mol. The number of benzene rings is 5. The van der Waals surface area contributed by atoms with Crippen molar-refractivity contribution in [2.24, 2.45) is 5.92 Å². The number of rotatable bonds is 3. The molecule has 5 aromatic carbocycles. The van der Waals surface area contributed by atoms with Gasteiger partial charge in [0.1, 0.15) is 45.0 Å². The summed E-state index contributed by atoms with van der Waals surface area (Å²) in [5, 5.41) is 29.9. The minimum atomic E-state index is -0.0522. The van der Waals surface area contributed by atoms with Gasteiger partial charge in [0, 0.05) is 34.2 Å². The van der Waals surface area contributed by atoms with Gasteiger partial charge in [-0.1, -0.05) is 120 Å². The molecular formula is C43H37B5N2O2. The fraction of sp³-hybridized carbons (Fsp3) is 0.0698. The molecule has 0 fully saturated rings. The fourth-order valence-corrected chi connectivity index (χ4v) is 7.99. The van der Waals surface area contributed by atoms with Crippen LogP contribution in [-0.4, -0.2) is 59.4 Å². The van der Waals surface area contributed by atoms with E-state index in [0.717, 1.165) is 98.4 Å². The number of aromatic hydroxyl groups is 1. The first-order valence-corrected chi connectivity index (χ1v) is 18.0. The third kappa shape index (κ3) is 5.47. The second kappa shape index (κ2) is 13.1. The van der Waals surface area contributed by atoms with Gasteiger partial charge in [-0.15, -0.1) is 10.9 Å². The van der Waals surface area contributed by atoms with E-state index in [2.05, 4.69) is 115 Å². The highest BCUT2D eigenvalue weighted by atomic mass is 16.3. The van der Waals surface area contributed by atoms with Gasteiger partial charge in [-0.2, -0.15) is 0 Å². The maximum Gasteiger partial charge on any atom is 0.143 e. The zero-order valence-corrected chi connectivity index (χ0v) is 30.5. The van der Waals surface area contributed by atoms with Crippen LogP contribution in [0.1, 0.15) is 24.5 Å². The Morgan fingerprint density at radius 3 is 2.08 bits per heavy atom. The summed E-state index contributed by atoms with van der Waals surface area (Å²) in [6.07, 6.45) is 2.12. The van der Waals surface area contributed by atoms with Crippen molar-refractivity contribution in [3.63, 3.8) is 0 Å². The molecule has 0 saturated heterocycles. The van der Waals surface area contributed by atoms with Crippen LogP contribution in [0.4, 0.5) is 0 Å². The maximum atomic E-state index is 12.2. The van der Waals surface area contributed by atoms with E-state index in [4.69, 9.17) is 9.97 Å². The largest absolute Gasteiger partial charge is 0.513 e. The van der Waals surface area contributed by atoms with Gasteiger partial charge in [0.25, 0.3) is 0 Å². The second-order valence-electron chi connectivity index (χ2n) is 14.2. The molecule has 1 aliphatic rings. The number of aromatic nitrogens is 2. The molecule has 0 spiro atoms. The molecule has 0 amide bonds. The van der Waals surface area contributed by atoms with Crippen LogP contribution < -0.4 is 21.4 Å². The fourth-order valence-electron chi connectivity index (χ4n) is 7.99. The molecule has 1 atom stereocenters. The third-order valence-corrected chi connectivity index (χ3v) is 11.5. The van der Waals surface area contributed by atoms with Crippen molar-refractivity contribution in [1.82, 2.24) is 9.97 Å². The smallest absolute Gasteiger partial charge is 0.143 e. The number of hydrogen-bond donors (Lipinski definition) is 2. The molecule has 2 N–H and O–H groups in total. The molecule has 0 aliphatic heterocycles. The highest BCUT2D eigenvalue weighted by molar-refractivity contribution is 6.49. The lowest BCUT2D eigenvalue weighted by molar-refractivity contribution is 0.401. The minimum absolute atomic E-state index is 0.0522. The lowest BCUT2D eigenvalue weighted by atomic mass is 9.63. The predicted octanol–water partition coefficient (Wildman–Crippen LogP) is 2.14. The van der Waals surface area contributed by atoms with Gasteiger partial charge >= 0.3 is 0 Å². The van der Waals surface area contributed by atoms with Crippen LogP contribution in [0.3, 0.4) is 0 Å². The molecule has 7 aromatic rings. The summed E-state index contributed by atoms with van der Waals surface area (Å²) in [5.41, 5.74) is 12.8. The van der Waals surface area contributed by atoms with E-state index in [-0.39, 0.29) is 11.7 Å². The van der Waals surface area contributed by atoms with E-state index < -0.39 is 0 Å². The third-order valence-electron chi connectivity index (χ3n) is 11.5. The summed E-state index contributed by atoms with van der Waals surface area (Å²) >= 11 is 0. The van der Waals surface area contributed by atoms with Crippen LogP contribution in [0.2, 0.25) is 0 Å². The quantitative estimate of drug-likeness (QED) is 0.224. The van der Waals surface area contributed by atoms with Crippen molar-refractivity contribution < 1.29 is 10.2 Å². The number of allylic oxidation sites excluding steroid dienone is 4. The minimum Gasteiger partial charge on any atom is -0.513 e. The molecule has 0 radical (unpaired) electrons. The molecule has 9 heteroatoms. The van der Waals surface area contributed by atoms with Crippen molar-refractivity contribution >= 4 is 93.9 Å². The average Bonchev–Trinajstić information content (AvgIpc) is 3.18. The molecule has 8 rings (SSSR count). The van der Waals surface area contributed by atoms with Gasteiger partial charge in [0.05, 0.1) is 22.5 Å². The zero-order chi connectivity index (χ0) is 36.3. The average molecular weight is 668 g/mol. The Kier molecular flexibility index (Phi) is 8.46. The van der Waals surface area contributed by atoms with Crippen molar-refractivity contribution in [3.05, 3.63) is 159 Å². The standard InChI is InChI=1S/C43H37B5N2O2/c1-22-35(31-20-32(44)38(46)43(52)36(31)30(23-8-3-2-4-9-23)21-34(51)39(47)40(48)37(22)45)29-17-16-28(26-11-5-6-12-27(26)29)33-18-15-25-14-13-24-10-7-19-49-41(24)42(25)50-33/h2-20,22,51-52H,21,44-48H2,1H3/b35-31+,36-30-,39-34-,40-37-. The zero-order valence-electron chi connectivity index (χ0n) is 30.5. The SMILES string of the molecule is BC1=C(\B)C(C)/C(c2ccc(-c3ccc4ccc5cccnc5c4n3)c3ccccc23)=c2/cc(B)c(B)c(O)/c2=C(\c2ccccc2)C/C(O)=C\1B. The number of phenols is 1. The van der Waals surface area contributed by atoms with Crippen LogP contribution >= 0.6 is 0 Å². The number of aliphatic hydroxyl groups excluding tert-OH is 1. The summed E-state index contributed by atoms with van der Waals surface area (Å²) in [7, 11) is 10.3. The molecule has 1 aliphatic carbocycles. The first-order valence-electron chi connectivity index (χ1n) is 18.0. The molecule has 0 saturated carbocycles. The highest BCUT2D eigenvalue weighted by Crippen LogP contribution is 2.38. The van der Waals surface area contributed by atoms with E-state index in [0.29, 0.717) is 12.2 Å². The van der Waals surface area contributed by atoms with Crippen molar-refractivity contribution in [2.75, 3.05) is 0 Å². The Morgan fingerprint density at radius 1 is 0.673 bits per heavy atom. The lowest BCUT2D eigenvalue weighted by Gasteiger charge is -2.26. The van der Waals surface area contributed by atoms with E-state index in [1.54, 1.807) is 0 Å². The molecule has 0 bridgehead atoms. The summed E-state index contributed by atoms with van der Waals surface area (Å²) in [5.74, 6) is 0.518. The molecule has 2 aromatic heterocycles. The Labute approximate surface area is 308 Å². The predicted molar refractivity (Wildman–Crippen MR) is 231 cm³/mol. The van der Waals surface area contributed by atoms with Gasteiger partial charge < -0.3 is 10.2 Å². The lowest BCUT2D eigenvalue weighted by Crippen LogP contribution is -2.43. The monoisotopic (exact) mass is 668 g/mol. The first kappa shape index (κ1) is 33.5. The summed E-state index contributed by atoms with van der Waals surface area (Å²) < 4.78 is 0. The normalized spacial score (nSPS) is 20.3. The first-order chi connectivity index (χ1) is 25.1. The van der Waals surface area contributed by atoms with E-state index in [1.165, 1.54) is 5.47 Å². The van der Waals surface area contributed by atoms with Gasteiger partial charge in [-0.25, -0.2) is 4.98 Å². The van der Waals surface area contributed by atoms with Crippen molar-refractivity contribution in [2.45, 2.75) is 13.3 Å². The van der Waals surface area contributed by atoms with E-state index >= 15 is 0 Å². The van der Waals surface area contributed by atoms with Crippen LogP contribution in [-0.2, 0) is 0 Å². The van der Waals surface area contributed by atoms with Crippen LogP contribution in [0, 0.1) is 5.92 Å². The maximum absolute atomic E-state index is 12.2. The number of hydrogen-bond acceptors (Lipinski definition) is 4. The van der Waals surface area contributed by atoms with Crippen LogP contribution in [0.25, 0.3) is 55.0 Å². The number of aliphatic hydroxyl groups is 1. The molecule has 2 heterocycles. The van der Waals surface area contributed by atoms with Gasteiger partial charge in [-0.05, 0) is 56.3 Å². The summed E-state index contributed by atoms with van der Waals surface area (Å²) in [6.45, 7) is 2.25. The summed E-state index contributed by atoms with van der Waals surface area (Å²) in [6, 6.07) is 37.9. The number of phenolic OH excluding ortho intramolecular Hbond substituents is 1. The molecule has 246 valence electrons. The van der Waals surface area contributed by atoms with Crippen LogP contribution in [0.15, 0.2) is 138 Å². The van der Waals surface area contributed by atoms with Gasteiger partial charge in [-0.3, -0.25) is 4.98 Å². The Morgan fingerprint density at radius 2 is 1.33 bits per heavy atom. The second-order valence-corrected chi connectivity index (χ2v) is 14.2. The number of pyridine rings is 2. The van der Waals surface area contributed by atoms with Crippen molar-refractivity contribution in [3.8, 4) is 17.0 Å². The molecule has 1 unspecified atom stereocenters. The number of fused-ring (bicyclic) bond motifs is 5. The Bertz CT molecular complexity index is 2810. The number of nitrogens with zero attached hydrogens (tertiary/aromatic N) is 2. The molecule has 52 heavy (non-hydrogen) atoms. The van der Waals surface area contributed by atoms with E-state index in [1.807, 2.05) is 46.2 Å². The van der Waals surface area contributed by atoms with Crippen molar-refractivity contribution in [1.29, 1.82) is 0 Å². The summed E-state index contributed by atoms with van der Waals surface area (Å²) in [4.78, 5) is 9.94. The highest BCUT2D eigenvalue weighted by Gasteiger charge is 2.24. The topological polar surface area (TPSA) is 66.2 Å². The van der Waals surface area contributed by atoms with Crippen LogP contribution in [0.5, 0.6) is 5.75 Å². The van der Waals surface area contributed by atoms with Gasteiger partial charge in [0.2, 0.25) is 0 Å². The van der Waals surface area contributed by atoms with Gasteiger partial charge in [0.15, 0.2) is 0 Å².